The van der Waals surface area contributed by atoms with Crippen molar-refractivity contribution in [3.8, 4) is 5.75 Å². The molecule has 1 unspecified atom stereocenters. The third-order valence-corrected chi connectivity index (χ3v) is 2.88. The first-order chi connectivity index (χ1) is 8.83. The zero-order chi connectivity index (χ0) is 12.8. The molecule has 0 saturated carbocycles. The van der Waals surface area contributed by atoms with Crippen LogP contribution in [0.25, 0.3) is 0 Å². The quantitative estimate of drug-likeness (QED) is 0.877. The van der Waals surface area contributed by atoms with E-state index < -0.39 is 0 Å². The highest BCUT2D eigenvalue weighted by Crippen LogP contribution is 2.21. The summed E-state index contributed by atoms with van der Waals surface area (Å²) in [6.07, 6.45) is 4.42. The molecular weight excluding hydrogens is 224 g/mol. The SMILES string of the molecule is CCc1ccc(OC(CN)c2cccnc2)cc1. The molecule has 0 aliphatic heterocycles. The molecule has 0 bridgehead atoms. The Hall–Kier alpha value is -1.87. The lowest BCUT2D eigenvalue weighted by Gasteiger charge is -2.17. The number of aromatic nitrogens is 1. The van der Waals surface area contributed by atoms with Crippen LogP contribution in [0, 0.1) is 0 Å². The Kier molecular flexibility index (Phi) is 4.31. The van der Waals surface area contributed by atoms with Crippen LogP contribution in [0.15, 0.2) is 48.8 Å². The summed E-state index contributed by atoms with van der Waals surface area (Å²) >= 11 is 0. The molecule has 0 saturated heterocycles. The van der Waals surface area contributed by atoms with Crippen LogP contribution in [-0.2, 0) is 6.42 Å². The minimum atomic E-state index is -0.147. The van der Waals surface area contributed by atoms with E-state index in [2.05, 4.69) is 24.0 Å². The third kappa shape index (κ3) is 3.08. The van der Waals surface area contributed by atoms with Gasteiger partial charge in [0.1, 0.15) is 11.9 Å². The minimum Gasteiger partial charge on any atom is -0.484 e. The predicted octanol–water partition coefficient (Wildman–Crippen LogP) is 2.72. The van der Waals surface area contributed by atoms with Gasteiger partial charge in [-0.05, 0) is 30.2 Å². The highest BCUT2D eigenvalue weighted by molar-refractivity contribution is 5.28. The lowest BCUT2D eigenvalue weighted by atomic mass is 10.1. The third-order valence-electron chi connectivity index (χ3n) is 2.88. The lowest BCUT2D eigenvalue weighted by molar-refractivity contribution is 0.214. The molecule has 1 heterocycles. The second-order valence-electron chi connectivity index (χ2n) is 4.13. The molecule has 2 N–H and O–H groups in total. The van der Waals surface area contributed by atoms with Crippen molar-refractivity contribution in [1.29, 1.82) is 0 Å². The molecule has 0 radical (unpaired) electrons. The van der Waals surface area contributed by atoms with Crippen LogP contribution in [0.4, 0.5) is 0 Å². The summed E-state index contributed by atoms with van der Waals surface area (Å²) in [5.41, 5.74) is 8.05. The number of rotatable bonds is 5. The maximum Gasteiger partial charge on any atom is 0.137 e. The van der Waals surface area contributed by atoms with Crippen LogP contribution in [-0.4, -0.2) is 11.5 Å². The fourth-order valence-corrected chi connectivity index (χ4v) is 1.79. The molecule has 2 aromatic rings. The average Bonchev–Trinajstić information content (AvgIpc) is 2.46. The van der Waals surface area contributed by atoms with Gasteiger partial charge in [-0.2, -0.15) is 0 Å². The molecule has 0 aliphatic carbocycles. The Bertz CT molecular complexity index is 468. The Labute approximate surface area is 108 Å². The molecule has 3 heteroatoms. The zero-order valence-electron chi connectivity index (χ0n) is 10.5. The van der Waals surface area contributed by atoms with Gasteiger partial charge in [0, 0.05) is 24.5 Å². The maximum absolute atomic E-state index is 5.88. The van der Waals surface area contributed by atoms with Gasteiger partial charge in [0.2, 0.25) is 0 Å². The lowest BCUT2D eigenvalue weighted by Crippen LogP contribution is -2.18. The van der Waals surface area contributed by atoms with Crippen LogP contribution in [0.5, 0.6) is 5.75 Å². The number of benzene rings is 1. The topological polar surface area (TPSA) is 48.1 Å². The molecule has 18 heavy (non-hydrogen) atoms. The van der Waals surface area contributed by atoms with Crippen molar-refractivity contribution in [2.75, 3.05) is 6.54 Å². The molecule has 1 aromatic heterocycles. The van der Waals surface area contributed by atoms with Crippen molar-refractivity contribution in [2.45, 2.75) is 19.4 Å². The summed E-state index contributed by atoms with van der Waals surface area (Å²) in [5, 5.41) is 0. The molecule has 0 amide bonds. The highest BCUT2D eigenvalue weighted by Gasteiger charge is 2.11. The minimum absolute atomic E-state index is 0.147. The molecule has 0 fully saturated rings. The number of hydrogen-bond donors (Lipinski definition) is 1. The predicted molar refractivity (Wildman–Crippen MR) is 72.5 cm³/mol. The van der Waals surface area contributed by atoms with Crippen LogP contribution in [0.3, 0.4) is 0 Å². The molecule has 1 aromatic carbocycles. The van der Waals surface area contributed by atoms with E-state index in [4.69, 9.17) is 10.5 Å². The number of nitrogens with two attached hydrogens (primary N) is 1. The smallest absolute Gasteiger partial charge is 0.137 e. The first-order valence-corrected chi connectivity index (χ1v) is 6.19. The number of ether oxygens (including phenoxy) is 1. The fourth-order valence-electron chi connectivity index (χ4n) is 1.79. The molecule has 3 nitrogen and oxygen atoms in total. The van der Waals surface area contributed by atoms with Crippen LogP contribution in [0.2, 0.25) is 0 Å². The van der Waals surface area contributed by atoms with E-state index in [-0.39, 0.29) is 6.10 Å². The van der Waals surface area contributed by atoms with Gasteiger partial charge in [0.05, 0.1) is 0 Å². The second kappa shape index (κ2) is 6.17. The zero-order valence-corrected chi connectivity index (χ0v) is 10.5. The van der Waals surface area contributed by atoms with Gasteiger partial charge in [-0.3, -0.25) is 4.98 Å². The molecular formula is C15H18N2O. The largest absolute Gasteiger partial charge is 0.484 e. The van der Waals surface area contributed by atoms with Crippen molar-refractivity contribution >= 4 is 0 Å². The Balaban J connectivity index is 2.10. The summed E-state index contributed by atoms with van der Waals surface area (Å²) in [4.78, 5) is 4.09. The van der Waals surface area contributed by atoms with E-state index in [1.807, 2.05) is 24.3 Å². The standard InChI is InChI=1S/C15H18N2O/c1-2-12-5-7-14(8-6-12)18-15(10-16)13-4-3-9-17-11-13/h3-9,11,15H,2,10,16H2,1H3. The average molecular weight is 242 g/mol. The van der Waals surface area contributed by atoms with E-state index in [0.29, 0.717) is 6.54 Å². The van der Waals surface area contributed by atoms with Crippen molar-refractivity contribution in [3.63, 3.8) is 0 Å². The van der Waals surface area contributed by atoms with Gasteiger partial charge in [0.25, 0.3) is 0 Å². The van der Waals surface area contributed by atoms with E-state index in [1.54, 1.807) is 12.4 Å². The van der Waals surface area contributed by atoms with Gasteiger partial charge >= 0.3 is 0 Å². The molecule has 0 spiro atoms. The molecule has 2 rings (SSSR count). The highest BCUT2D eigenvalue weighted by atomic mass is 16.5. The van der Waals surface area contributed by atoms with Crippen molar-refractivity contribution in [1.82, 2.24) is 4.98 Å². The normalized spacial score (nSPS) is 12.1. The summed E-state index contributed by atoms with van der Waals surface area (Å²) in [5.74, 6) is 0.839. The summed E-state index contributed by atoms with van der Waals surface area (Å²) < 4.78 is 5.88. The first-order valence-electron chi connectivity index (χ1n) is 6.19. The van der Waals surface area contributed by atoms with E-state index in [0.717, 1.165) is 17.7 Å². The van der Waals surface area contributed by atoms with Crippen molar-refractivity contribution in [3.05, 3.63) is 59.9 Å². The molecule has 94 valence electrons. The van der Waals surface area contributed by atoms with Crippen molar-refractivity contribution < 1.29 is 4.74 Å². The van der Waals surface area contributed by atoms with E-state index >= 15 is 0 Å². The van der Waals surface area contributed by atoms with Crippen LogP contribution >= 0.6 is 0 Å². The van der Waals surface area contributed by atoms with Gasteiger partial charge < -0.3 is 10.5 Å². The van der Waals surface area contributed by atoms with Gasteiger partial charge in [0.15, 0.2) is 0 Å². The monoisotopic (exact) mass is 242 g/mol. The second-order valence-corrected chi connectivity index (χ2v) is 4.13. The Morgan fingerprint density at radius 2 is 2.00 bits per heavy atom. The summed E-state index contributed by atoms with van der Waals surface area (Å²) in [7, 11) is 0. The molecule has 1 atom stereocenters. The fraction of sp³-hybridized carbons (Fsp3) is 0.267. The number of nitrogens with zero attached hydrogens (tertiary/aromatic N) is 1. The van der Waals surface area contributed by atoms with Crippen LogP contribution < -0.4 is 10.5 Å². The number of aryl methyl sites for hydroxylation is 1. The van der Waals surface area contributed by atoms with E-state index in [9.17, 15) is 0 Å². The van der Waals surface area contributed by atoms with Gasteiger partial charge in [-0.15, -0.1) is 0 Å². The summed E-state index contributed by atoms with van der Waals surface area (Å²) in [6, 6.07) is 12.0. The van der Waals surface area contributed by atoms with Gasteiger partial charge in [-0.25, -0.2) is 0 Å². The van der Waals surface area contributed by atoms with Crippen LogP contribution in [0.1, 0.15) is 24.2 Å². The number of hydrogen-bond acceptors (Lipinski definition) is 3. The number of pyridine rings is 1. The maximum atomic E-state index is 5.88. The summed E-state index contributed by atoms with van der Waals surface area (Å²) in [6.45, 7) is 2.56. The Morgan fingerprint density at radius 1 is 1.22 bits per heavy atom. The Morgan fingerprint density at radius 3 is 2.56 bits per heavy atom. The van der Waals surface area contributed by atoms with Gasteiger partial charge in [-0.1, -0.05) is 25.1 Å². The van der Waals surface area contributed by atoms with Crippen molar-refractivity contribution in [2.24, 2.45) is 5.73 Å². The molecule has 0 aliphatic rings. The first kappa shape index (κ1) is 12.6. The van der Waals surface area contributed by atoms with E-state index in [1.165, 1.54) is 5.56 Å².